The third-order valence-corrected chi connectivity index (χ3v) is 5.96. The third-order valence-electron chi connectivity index (χ3n) is 4.94. The van der Waals surface area contributed by atoms with E-state index in [0.29, 0.717) is 23.7 Å². The van der Waals surface area contributed by atoms with Gasteiger partial charge in [-0.3, -0.25) is 9.69 Å². The average Bonchev–Trinajstić information content (AvgIpc) is 2.79. The molecule has 1 atom stereocenters. The monoisotopic (exact) mass is 419 g/mol. The van der Waals surface area contributed by atoms with Gasteiger partial charge in [0.2, 0.25) is 0 Å². The topological polar surface area (TPSA) is 54.5 Å². The Balaban J connectivity index is 1.33. The van der Waals surface area contributed by atoms with Crippen LogP contribution in [0.25, 0.3) is 0 Å². The Hall–Kier alpha value is -2.67. The SMILES string of the molecule is O=C(NCC1CN(Cc2ccccc2)CCO1)c1cccnc1Sc1ccccc1. The van der Waals surface area contributed by atoms with Gasteiger partial charge in [0, 0.05) is 37.3 Å². The first-order valence-electron chi connectivity index (χ1n) is 10.1. The number of carbonyl (C=O) groups excluding carboxylic acids is 1. The second-order valence-electron chi connectivity index (χ2n) is 7.19. The fourth-order valence-corrected chi connectivity index (χ4v) is 4.34. The fourth-order valence-electron chi connectivity index (χ4n) is 3.44. The Morgan fingerprint density at radius 3 is 2.63 bits per heavy atom. The third kappa shape index (κ3) is 5.69. The first-order valence-corrected chi connectivity index (χ1v) is 10.9. The molecule has 4 rings (SSSR count). The number of hydrogen-bond donors (Lipinski definition) is 1. The van der Waals surface area contributed by atoms with E-state index < -0.39 is 0 Å². The summed E-state index contributed by atoms with van der Waals surface area (Å²) in [4.78, 5) is 20.7. The summed E-state index contributed by atoms with van der Waals surface area (Å²) in [7, 11) is 0. The Morgan fingerprint density at radius 1 is 1.07 bits per heavy atom. The number of benzene rings is 2. The Labute approximate surface area is 181 Å². The van der Waals surface area contributed by atoms with Crippen molar-refractivity contribution >= 4 is 17.7 Å². The van der Waals surface area contributed by atoms with E-state index in [2.05, 4.69) is 39.5 Å². The quantitative estimate of drug-likeness (QED) is 0.630. The molecule has 3 aromatic rings. The van der Waals surface area contributed by atoms with Gasteiger partial charge in [-0.25, -0.2) is 4.98 Å². The van der Waals surface area contributed by atoms with Gasteiger partial charge < -0.3 is 10.1 Å². The van der Waals surface area contributed by atoms with Crippen LogP contribution in [0.2, 0.25) is 0 Å². The molecular formula is C24H25N3O2S. The number of amides is 1. The lowest BCUT2D eigenvalue weighted by atomic mass is 10.2. The van der Waals surface area contributed by atoms with Gasteiger partial charge in [-0.15, -0.1) is 0 Å². The summed E-state index contributed by atoms with van der Waals surface area (Å²) in [6.07, 6.45) is 1.70. The number of ether oxygens (including phenoxy) is 1. The summed E-state index contributed by atoms with van der Waals surface area (Å²) in [6.45, 7) is 3.76. The summed E-state index contributed by atoms with van der Waals surface area (Å²) < 4.78 is 5.88. The Kier molecular flexibility index (Phi) is 7.13. The normalized spacial score (nSPS) is 16.9. The summed E-state index contributed by atoms with van der Waals surface area (Å²) in [6, 6.07) is 24.0. The van der Waals surface area contributed by atoms with Crippen LogP contribution in [0.5, 0.6) is 0 Å². The second kappa shape index (κ2) is 10.4. The molecule has 0 bridgehead atoms. The molecule has 30 heavy (non-hydrogen) atoms. The fraction of sp³-hybridized carbons (Fsp3) is 0.250. The predicted molar refractivity (Wildman–Crippen MR) is 119 cm³/mol. The van der Waals surface area contributed by atoms with Crippen molar-refractivity contribution in [1.82, 2.24) is 15.2 Å². The molecule has 0 spiro atoms. The molecule has 0 aliphatic carbocycles. The molecule has 1 aliphatic rings. The zero-order valence-electron chi connectivity index (χ0n) is 16.7. The second-order valence-corrected chi connectivity index (χ2v) is 8.26. The van der Waals surface area contributed by atoms with E-state index in [4.69, 9.17) is 4.74 Å². The highest BCUT2D eigenvalue weighted by Crippen LogP contribution is 2.28. The van der Waals surface area contributed by atoms with E-state index in [0.717, 1.165) is 24.5 Å². The predicted octanol–water partition coefficient (Wildman–Crippen LogP) is 3.86. The zero-order chi connectivity index (χ0) is 20.6. The van der Waals surface area contributed by atoms with Crippen LogP contribution in [0.4, 0.5) is 0 Å². The highest BCUT2D eigenvalue weighted by molar-refractivity contribution is 7.99. The summed E-state index contributed by atoms with van der Waals surface area (Å²) in [5, 5.41) is 3.74. The largest absolute Gasteiger partial charge is 0.374 e. The number of hydrogen-bond acceptors (Lipinski definition) is 5. The smallest absolute Gasteiger partial charge is 0.254 e. The van der Waals surface area contributed by atoms with Gasteiger partial charge in [-0.2, -0.15) is 0 Å². The van der Waals surface area contributed by atoms with Crippen molar-refractivity contribution in [2.24, 2.45) is 0 Å². The molecule has 2 heterocycles. The molecule has 1 N–H and O–H groups in total. The first-order chi connectivity index (χ1) is 14.8. The minimum Gasteiger partial charge on any atom is -0.374 e. The van der Waals surface area contributed by atoms with Crippen molar-refractivity contribution in [1.29, 1.82) is 0 Å². The van der Waals surface area contributed by atoms with Gasteiger partial charge in [-0.1, -0.05) is 60.3 Å². The van der Waals surface area contributed by atoms with Crippen LogP contribution in [-0.2, 0) is 11.3 Å². The van der Waals surface area contributed by atoms with Gasteiger partial charge >= 0.3 is 0 Å². The number of nitrogens with zero attached hydrogens (tertiary/aromatic N) is 2. The average molecular weight is 420 g/mol. The van der Waals surface area contributed by atoms with Crippen LogP contribution < -0.4 is 5.32 Å². The molecule has 1 unspecified atom stereocenters. The first kappa shape index (κ1) is 20.6. The molecular weight excluding hydrogens is 394 g/mol. The van der Waals surface area contributed by atoms with E-state index in [9.17, 15) is 4.79 Å². The zero-order valence-corrected chi connectivity index (χ0v) is 17.6. The number of morpholine rings is 1. The molecule has 2 aromatic carbocycles. The van der Waals surface area contributed by atoms with E-state index in [-0.39, 0.29) is 12.0 Å². The minimum atomic E-state index is -0.120. The van der Waals surface area contributed by atoms with E-state index in [1.807, 2.05) is 42.5 Å². The standard InChI is InChI=1S/C24H25N3O2S/c28-23(22-12-7-13-25-24(22)30-21-10-5-2-6-11-21)26-16-20-18-27(14-15-29-20)17-19-8-3-1-4-9-19/h1-13,20H,14-18H2,(H,26,28). The van der Waals surface area contributed by atoms with Crippen LogP contribution in [0.3, 0.4) is 0 Å². The lowest BCUT2D eigenvalue weighted by Crippen LogP contribution is -2.47. The maximum absolute atomic E-state index is 12.8. The van der Waals surface area contributed by atoms with E-state index in [1.165, 1.54) is 17.3 Å². The van der Waals surface area contributed by atoms with Crippen molar-refractivity contribution in [3.63, 3.8) is 0 Å². The molecule has 1 saturated heterocycles. The maximum Gasteiger partial charge on any atom is 0.254 e. The molecule has 154 valence electrons. The summed E-state index contributed by atoms with van der Waals surface area (Å²) in [5.74, 6) is -0.120. The van der Waals surface area contributed by atoms with Crippen molar-refractivity contribution in [3.05, 3.63) is 90.1 Å². The molecule has 0 saturated carbocycles. The van der Waals surface area contributed by atoms with Gasteiger partial charge in [0.25, 0.3) is 5.91 Å². The lowest BCUT2D eigenvalue weighted by Gasteiger charge is -2.33. The van der Waals surface area contributed by atoms with E-state index >= 15 is 0 Å². The molecule has 5 nitrogen and oxygen atoms in total. The molecule has 1 fully saturated rings. The number of rotatable bonds is 7. The van der Waals surface area contributed by atoms with Crippen molar-refractivity contribution < 1.29 is 9.53 Å². The van der Waals surface area contributed by atoms with Crippen molar-refractivity contribution in [2.45, 2.75) is 22.6 Å². The maximum atomic E-state index is 12.8. The van der Waals surface area contributed by atoms with Gasteiger partial charge in [0.1, 0.15) is 5.03 Å². The van der Waals surface area contributed by atoms with Gasteiger partial charge in [-0.05, 0) is 29.8 Å². The molecule has 0 radical (unpaired) electrons. The molecule has 6 heteroatoms. The van der Waals surface area contributed by atoms with Crippen LogP contribution in [0, 0.1) is 0 Å². The van der Waals surface area contributed by atoms with Gasteiger partial charge in [0.15, 0.2) is 0 Å². The van der Waals surface area contributed by atoms with Crippen molar-refractivity contribution in [3.8, 4) is 0 Å². The minimum absolute atomic E-state index is 0.0201. The van der Waals surface area contributed by atoms with E-state index in [1.54, 1.807) is 12.3 Å². The number of carbonyl (C=O) groups is 1. The summed E-state index contributed by atoms with van der Waals surface area (Å²) >= 11 is 1.49. The van der Waals surface area contributed by atoms with Crippen molar-refractivity contribution in [2.75, 3.05) is 26.2 Å². The Morgan fingerprint density at radius 2 is 1.83 bits per heavy atom. The summed E-state index contributed by atoms with van der Waals surface area (Å²) in [5.41, 5.74) is 1.88. The molecule has 1 aromatic heterocycles. The number of pyridine rings is 1. The lowest BCUT2D eigenvalue weighted by molar-refractivity contribution is -0.0292. The van der Waals surface area contributed by atoms with Crippen LogP contribution in [-0.4, -0.2) is 48.1 Å². The highest BCUT2D eigenvalue weighted by Gasteiger charge is 2.22. The number of aromatic nitrogens is 1. The molecule has 1 aliphatic heterocycles. The Bertz CT molecular complexity index is 953. The number of nitrogens with one attached hydrogen (secondary N) is 1. The van der Waals surface area contributed by atoms with Gasteiger partial charge in [0.05, 0.1) is 18.3 Å². The van der Waals surface area contributed by atoms with Crippen LogP contribution in [0.15, 0.2) is 88.9 Å². The molecule has 1 amide bonds. The van der Waals surface area contributed by atoms with Crippen LogP contribution in [0.1, 0.15) is 15.9 Å². The van der Waals surface area contributed by atoms with Crippen LogP contribution >= 0.6 is 11.8 Å². The highest BCUT2D eigenvalue weighted by atomic mass is 32.2.